The molecule has 1 amide bonds. The summed E-state index contributed by atoms with van der Waals surface area (Å²) in [4.78, 5) is 21.4. The van der Waals surface area contributed by atoms with Crippen molar-refractivity contribution < 1.29 is 9.18 Å². The Kier molecular flexibility index (Phi) is 6.93. The predicted octanol–water partition coefficient (Wildman–Crippen LogP) is 5.12. The van der Waals surface area contributed by atoms with E-state index in [-0.39, 0.29) is 11.7 Å². The van der Waals surface area contributed by atoms with Crippen LogP contribution in [0.3, 0.4) is 0 Å². The van der Waals surface area contributed by atoms with Gasteiger partial charge in [0.15, 0.2) is 8.68 Å². The van der Waals surface area contributed by atoms with Crippen LogP contribution in [0.2, 0.25) is 0 Å². The molecule has 0 spiro atoms. The van der Waals surface area contributed by atoms with Crippen LogP contribution in [0.5, 0.6) is 0 Å². The molecule has 1 aromatic carbocycles. The Labute approximate surface area is 188 Å². The lowest BCUT2D eigenvalue weighted by atomic mass is 10.1. The first-order valence-electron chi connectivity index (χ1n) is 9.03. The average molecular weight is 478 g/mol. The number of rotatable bonds is 8. The molecule has 3 aromatic heterocycles. The van der Waals surface area contributed by atoms with E-state index in [4.69, 9.17) is 0 Å². The molecule has 1 N–H and O–H groups in total. The highest BCUT2D eigenvalue weighted by molar-refractivity contribution is 8.03. The van der Waals surface area contributed by atoms with Gasteiger partial charge in [-0.2, -0.15) is 0 Å². The molecule has 0 bridgehead atoms. The van der Waals surface area contributed by atoms with Gasteiger partial charge in [-0.15, -0.1) is 21.5 Å². The molecule has 0 radical (unpaired) electrons. The molecule has 0 aliphatic heterocycles. The summed E-state index contributed by atoms with van der Waals surface area (Å²) in [6.45, 7) is 2.69. The fourth-order valence-electron chi connectivity index (χ4n) is 2.59. The maximum absolute atomic E-state index is 13.3. The minimum absolute atomic E-state index is 0.00836. The van der Waals surface area contributed by atoms with E-state index in [1.54, 1.807) is 12.1 Å². The van der Waals surface area contributed by atoms with E-state index >= 15 is 0 Å². The molecule has 3 heterocycles. The zero-order valence-electron chi connectivity index (χ0n) is 15.8. The van der Waals surface area contributed by atoms with Crippen molar-refractivity contribution >= 4 is 62.3 Å². The first-order chi connectivity index (χ1) is 14.6. The van der Waals surface area contributed by atoms with Gasteiger partial charge in [-0.3, -0.25) is 4.79 Å². The van der Waals surface area contributed by atoms with Crippen LogP contribution in [-0.4, -0.2) is 38.4 Å². The number of halogens is 1. The number of carbonyl (C=O) groups excluding carboxylic acids is 1. The molecule has 0 saturated carbocycles. The lowest BCUT2D eigenvalue weighted by molar-refractivity contribution is -0.118. The van der Waals surface area contributed by atoms with E-state index in [1.807, 2.05) is 12.3 Å². The Morgan fingerprint density at radius 1 is 1.17 bits per heavy atom. The molecule has 0 unspecified atom stereocenters. The second kappa shape index (κ2) is 9.82. The van der Waals surface area contributed by atoms with Crippen LogP contribution in [0.4, 0.5) is 4.39 Å². The monoisotopic (exact) mass is 477 g/mol. The van der Waals surface area contributed by atoms with Gasteiger partial charge in [-0.05, 0) is 35.9 Å². The van der Waals surface area contributed by atoms with Gasteiger partial charge in [0.05, 0.1) is 11.1 Å². The van der Waals surface area contributed by atoms with Gasteiger partial charge in [0.25, 0.3) is 0 Å². The molecule has 0 aliphatic rings. The molecule has 4 aromatic rings. The second-order valence-electron chi connectivity index (χ2n) is 6.09. The third-order valence-electron chi connectivity index (χ3n) is 3.96. The topological polar surface area (TPSA) is 80.7 Å². The molecule has 0 fully saturated rings. The number of aromatic nitrogens is 4. The standard InChI is InChI=1S/C19H16FN5OS4/c1-2-7-21-14(26)9-28-18-24-25-19(30-18)29-17-15-13(8-27-16(15)22-10-23-17)11-3-5-12(20)6-4-11/h3-6,8,10H,2,7,9H2,1H3,(H,21,26). The number of thiophene rings is 1. The van der Waals surface area contributed by atoms with Crippen LogP contribution in [0.15, 0.2) is 49.7 Å². The third kappa shape index (κ3) is 4.97. The highest BCUT2D eigenvalue weighted by atomic mass is 32.2. The lowest BCUT2D eigenvalue weighted by Gasteiger charge is -2.03. The minimum atomic E-state index is -0.272. The number of benzene rings is 1. The molecule has 0 saturated heterocycles. The van der Waals surface area contributed by atoms with Crippen molar-refractivity contribution in [2.45, 2.75) is 27.0 Å². The zero-order chi connectivity index (χ0) is 20.9. The molecular formula is C19H16FN5OS4. The molecule has 4 rings (SSSR count). The van der Waals surface area contributed by atoms with Crippen LogP contribution in [-0.2, 0) is 4.79 Å². The van der Waals surface area contributed by atoms with Crippen LogP contribution in [0.25, 0.3) is 21.3 Å². The van der Waals surface area contributed by atoms with Crippen molar-refractivity contribution in [3.8, 4) is 11.1 Å². The number of thioether (sulfide) groups is 1. The Bertz CT molecular complexity index is 1160. The molecule has 30 heavy (non-hydrogen) atoms. The van der Waals surface area contributed by atoms with Gasteiger partial charge in [-0.25, -0.2) is 14.4 Å². The van der Waals surface area contributed by atoms with Gasteiger partial charge in [-0.1, -0.05) is 42.2 Å². The van der Waals surface area contributed by atoms with Gasteiger partial charge in [0.1, 0.15) is 22.0 Å². The summed E-state index contributed by atoms with van der Waals surface area (Å²) in [6, 6.07) is 6.39. The summed E-state index contributed by atoms with van der Waals surface area (Å²) in [6.07, 6.45) is 2.44. The van der Waals surface area contributed by atoms with E-state index in [0.717, 1.165) is 41.5 Å². The quantitative estimate of drug-likeness (QED) is 0.279. The van der Waals surface area contributed by atoms with Crippen molar-refractivity contribution in [3.05, 3.63) is 41.8 Å². The normalized spacial score (nSPS) is 11.1. The molecule has 0 aliphatic carbocycles. The maximum atomic E-state index is 13.3. The fraction of sp³-hybridized carbons (Fsp3) is 0.211. The molecule has 154 valence electrons. The number of nitrogens with one attached hydrogen (secondary N) is 1. The maximum Gasteiger partial charge on any atom is 0.230 e. The Morgan fingerprint density at radius 2 is 1.97 bits per heavy atom. The van der Waals surface area contributed by atoms with Gasteiger partial charge >= 0.3 is 0 Å². The number of amides is 1. The third-order valence-corrected chi connectivity index (χ3v) is 7.96. The molecule has 11 heteroatoms. The van der Waals surface area contributed by atoms with Crippen molar-refractivity contribution in [3.63, 3.8) is 0 Å². The van der Waals surface area contributed by atoms with Gasteiger partial charge in [0, 0.05) is 17.5 Å². The van der Waals surface area contributed by atoms with E-state index in [0.29, 0.717) is 12.3 Å². The minimum Gasteiger partial charge on any atom is -0.355 e. The van der Waals surface area contributed by atoms with Crippen molar-refractivity contribution in [1.82, 2.24) is 25.5 Å². The van der Waals surface area contributed by atoms with Crippen LogP contribution >= 0.6 is 46.2 Å². The summed E-state index contributed by atoms with van der Waals surface area (Å²) in [7, 11) is 0. The second-order valence-corrected chi connectivity index (χ2v) is 10.4. The van der Waals surface area contributed by atoms with Crippen molar-refractivity contribution in [1.29, 1.82) is 0 Å². The van der Waals surface area contributed by atoms with E-state index in [2.05, 4.69) is 25.5 Å². The van der Waals surface area contributed by atoms with E-state index in [1.165, 1.54) is 64.7 Å². The lowest BCUT2D eigenvalue weighted by Crippen LogP contribution is -2.25. The average Bonchev–Trinajstić information content (AvgIpc) is 3.39. The Morgan fingerprint density at radius 3 is 2.77 bits per heavy atom. The van der Waals surface area contributed by atoms with E-state index in [9.17, 15) is 9.18 Å². The Balaban J connectivity index is 1.53. The molecule has 6 nitrogen and oxygen atoms in total. The van der Waals surface area contributed by atoms with Crippen LogP contribution in [0, 0.1) is 5.82 Å². The fourth-order valence-corrected chi connectivity index (χ4v) is 6.44. The SMILES string of the molecule is CCCNC(=O)CSc1nnc(Sc2ncnc3scc(-c4ccc(F)cc4)c23)s1. The Hall–Kier alpha value is -2.08. The number of hydrogen-bond acceptors (Lipinski definition) is 9. The smallest absolute Gasteiger partial charge is 0.230 e. The van der Waals surface area contributed by atoms with Crippen molar-refractivity contribution in [2.75, 3.05) is 12.3 Å². The number of carbonyl (C=O) groups is 1. The van der Waals surface area contributed by atoms with Gasteiger partial charge in [0.2, 0.25) is 5.91 Å². The summed E-state index contributed by atoms with van der Waals surface area (Å²) >= 11 is 5.73. The van der Waals surface area contributed by atoms with Gasteiger partial charge < -0.3 is 5.32 Å². The first-order valence-corrected chi connectivity index (χ1v) is 12.5. The van der Waals surface area contributed by atoms with Crippen LogP contribution < -0.4 is 5.32 Å². The van der Waals surface area contributed by atoms with Crippen LogP contribution in [0.1, 0.15) is 13.3 Å². The molecular weight excluding hydrogens is 462 g/mol. The summed E-state index contributed by atoms with van der Waals surface area (Å²) in [5.74, 6) is 0.0356. The van der Waals surface area contributed by atoms with E-state index < -0.39 is 0 Å². The predicted molar refractivity (Wildman–Crippen MR) is 121 cm³/mol. The summed E-state index contributed by atoms with van der Waals surface area (Å²) in [5.41, 5.74) is 1.87. The highest BCUT2D eigenvalue weighted by Gasteiger charge is 2.16. The number of fused-ring (bicyclic) bond motifs is 1. The summed E-state index contributed by atoms with van der Waals surface area (Å²) in [5, 5.41) is 14.9. The summed E-state index contributed by atoms with van der Waals surface area (Å²) < 4.78 is 14.8. The number of hydrogen-bond donors (Lipinski definition) is 1. The first kappa shape index (κ1) is 21.2. The molecule has 0 atom stereocenters. The zero-order valence-corrected chi connectivity index (χ0v) is 19.1. The largest absolute Gasteiger partial charge is 0.355 e. The number of nitrogens with zero attached hydrogens (tertiary/aromatic N) is 4. The highest BCUT2D eigenvalue weighted by Crippen LogP contribution is 2.41. The van der Waals surface area contributed by atoms with Crippen molar-refractivity contribution in [2.24, 2.45) is 0 Å².